The number of nitrogen functional groups attached to an aromatic ring is 1. The van der Waals surface area contributed by atoms with Gasteiger partial charge in [0.15, 0.2) is 17.3 Å². The molecule has 0 saturated heterocycles. The number of anilines is 1. The van der Waals surface area contributed by atoms with Gasteiger partial charge in [-0.1, -0.05) is 12.1 Å². The van der Waals surface area contributed by atoms with Crippen LogP contribution in [0.5, 0.6) is 0 Å². The van der Waals surface area contributed by atoms with Gasteiger partial charge in [0.25, 0.3) is 0 Å². The van der Waals surface area contributed by atoms with E-state index in [9.17, 15) is 5.26 Å². The Hall–Kier alpha value is -5.24. The van der Waals surface area contributed by atoms with Gasteiger partial charge in [-0.15, -0.1) is 5.10 Å². The number of nitrogens with two attached hydrogens (primary N) is 1. The lowest BCUT2D eigenvalue weighted by Gasteiger charge is -2.11. The average Bonchev–Trinajstić information content (AvgIpc) is 3.53. The molecule has 0 aliphatic rings. The first-order valence-corrected chi connectivity index (χ1v) is 10.3. The summed E-state index contributed by atoms with van der Waals surface area (Å²) in [5.41, 5.74) is 10.6. The van der Waals surface area contributed by atoms with Crippen molar-refractivity contribution in [3.05, 3.63) is 84.6 Å². The van der Waals surface area contributed by atoms with Gasteiger partial charge >= 0.3 is 0 Å². The third kappa shape index (κ3) is 3.18. The number of fused-ring (bicyclic) bond motifs is 2. The lowest BCUT2D eigenvalue weighted by Crippen LogP contribution is -2.06. The maximum atomic E-state index is 9.37. The number of rotatable bonds is 4. The monoisotopic (exact) mass is 445 g/mol. The van der Waals surface area contributed by atoms with E-state index in [0.29, 0.717) is 51.9 Å². The second-order valence-corrected chi connectivity index (χ2v) is 7.45. The van der Waals surface area contributed by atoms with Gasteiger partial charge in [-0.05, 0) is 30.3 Å². The fourth-order valence-electron chi connectivity index (χ4n) is 3.84. The molecule has 0 radical (unpaired) electrons. The third-order valence-electron chi connectivity index (χ3n) is 5.34. The van der Waals surface area contributed by atoms with E-state index >= 15 is 0 Å². The van der Waals surface area contributed by atoms with Crippen molar-refractivity contribution < 1.29 is 0 Å². The van der Waals surface area contributed by atoms with Gasteiger partial charge in [0, 0.05) is 18.0 Å². The topological polar surface area (TPSA) is 149 Å². The van der Waals surface area contributed by atoms with Gasteiger partial charge in [-0.25, -0.2) is 34.0 Å². The van der Waals surface area contributed by atoms with Crippen LogP contribution in [0.4, 0.5) is 5.82 Å². The Bertz CT molecular complexity index is 1710. The van der Waals surface area contributed by atoms with Crippen molar-refractivity contribution in [3.8, 4) is 28.7 Å². The Kier molecular flexibility index (Phi) is 4.41. The molecule has 0 bridgehead atoms. The average molecular weight is 445 g/mol. The van der Waals surface area contributed by atoms with Crippen LogP contribution in [0.3, 0.4) is 0 Å². The van der Waals surface area contributed by atoms with Crippen LogP contribution in [-0.2, 0) is 6.42 Å². The summed E-state index contributed by atoms with van der Waals surface area (Å²) >= 11 is 0. The van der Waals surface area contributed by atoms with E-state index in [-0.39, 0.29) is 5.82 Å². The van der Waals surface area contributed by atoms with Crippen molar-refractivity contribution in [3.63, 3.8) is 0 Å². The fourth-order valence-corrected chi connectivity index (χ4v) is 3.84. The fraction of sp³-hybridized carbons (Fsp3) is 0.0435. The van der Waals surface area contributed by atoms with Crippen LogP contribution < -0.4 is 5.73 Å². The van der Waals surface area contributed by atoms with E-state index in [1.165, 1.54) is 6.33 Å². The quantitative estimate of drug-likeness (QED) is 0.431. The van der Waals surface area contributed by atoms with E-state index in [0.717, 1.165) is 5.52 Å². The molecule has 5 heterocycles. The Morgan fingerprint density at radius 3 is 2.74 bits per heavy atom. The highest BCUT2D eigenvalue weighted by atomic mass is 15.3. The minimum absolute atomic E-state index is 0.208. The van der Waals surface area contributed by atoms with Crippen molar-refractivity contribution in [2.45, 2.75) is 6.42 Å². The largest absolute Gasteiger partial charge is 0.381 e. The lowest BCUT2D eigenvalue weighted by molar-refractivity contribution is 0.793. The molecule has 5 aromatic heterocycles. The van der Waals surface area contributed by atoms with Gasteiger partial charge < -0.3 is 5.73 Å². The van der Waals surface area contributed by atoms with E-state index in [2.05, 4.69) is 36.1 Å². The normalized spacial score (nSPS) is 11.1. The molecule has 0 fully saturated rings. The van der Waals surface area contributed by atoms with Crippen LogP contribution >= 0.6 is 0 Å². The first-order valence-electron chi connectivity index (χ1n) is 10.3. The summed E-state index contributed by atoms with van der Waals surface area (Å²) in [5, 5.41) is 18.4. The molecule has 162 valence electrons. The smallest absolute Gasteiger partial charge is 0.198 e. The molecule has 34 heavy (non-hydrogen) atoms. The molecule has 0 amide bonds. The van der Waals surface area contributed by atoms with Gasteiger partial charge in [0.05, 0.1) is 35.5 Å². The third-order valence-corrected chi connectivity index (χ3v) is 5.34. The van der Waals surface area contributed by atoms with E-state index < -0.39 is 0 Å². The minimum atomic E-state index is 0.208. The second-order valence-electron chi connectivity index (χ2n) is 7.45. The second kappa shape index (κ2) is 7.72. The molecule has 11 nitrogen and oxygen atoms in total. The first-order chi connectivity index (χ1) is 16.7. The van der Waals surface area contributed by atoms with Crippen molar-refractivity contribution in [2.24, 2.45) is 0 Å². The van der Waals surface area contributed by atoms with Gasteiger partial charge in [0.2, 0.25) is 0 Å². The summed E-state index contributed by atoms with van der Waals surface area (Å²) in [6.45, 7) is 0. The van der Waals surface area contributed by atoms with Crippen molar-refractivity contribution in [1.29, 1.82) is 5.26 Å². The Morgan fingerprint density at radius 2 is 1.88 bits per heavy atom. The number of hydrogen-bond donors (Lipinski definition) is 1. The number of nitriles is 1. The van der Waals surface area contributed by atoms with Crippen LogP contribution in [0.1, 0.15) is 17.2 Å². The molecule has 0 unspecified atom stereocenters. The summed E-state index contributed by atoms with van der Waals surface area (Å²) in [6.07, 6.45) is 6.87. The Morgan fingerprint density at radius 1 is 0.971 bits per heavy atom. The zero-order valence-corrected chi connectivity index (χ0v) is 17.6. The summed E-state index contributed by atoms with van der Waals surface area (Å²) in [6, 6.07) is 14.8. The van der Waals surface area contributed by atoms with Gasteiger partial charge in [-0.3, -0.25) is 0 Å². The molecular weight excluding hydrogens is 430 g/mol. The van der Waals surface area contributed by atoms with E-state index in [1.54, 1.807) is 51.9 Å². The highest BCUT2D eigenvalue weighted by Gasteiger charge is 2.21. The summed E-state index contributed by atoms with van der Waals surface area (Å²) in [5.74, 6) is 1.40. The van der Waals surface area contributed by atoms with Crippen LogP contribution in [0.2, 0.25) is 0 Å². The van der Waals surface area contributed by atoms with Crippen molar-refractivity contribution in [2.75, 3.05) is 5.73 Å². The maximum absolute atomic E-state index is 9.37. The molecule has 11 heteroatoms. The summed E-state index contributed by atoms with van der Waals surface area (Å²) in [4.78, 5) is 22.2. The van der Waals surface area contributed by atoms with Crippen molar-refractivity contribution in [1.82, 2.24) is 44.1 Å². The zero-order chi connectivity index (χ0) is 23.1. The number of benzene rings is 1. The van der Waals surface area contributed by atoms with Crippen LogP contribution in [0.25, 0.3) is 33.8 Å². The minimum Gasteiger partial charge on any atom is -0.381 e. The van der Waals surface area contributed by atoms with E-state index in [1.807, 2.05) is 18.2 Å². The SMILES string of the molecule is N#Cc1cccc(-c2nc(N)c3nc(Cc4nccc5ccnn45)nn3c2-c2ccncn2)c1. The molecular formula is C23H15N11. The number of aromatic nitrogens is 9. The maximum Gasteiger partial charge on any atom is 0.198 e. The molecule has 1 aromatic carbocycles. The molecule has 2 N–H and O–H groups in total. The predicted molar refractivity (Wildman–Crippen MR) is 122 cm³/mol. The predicted octanol–water partition coefficient (Wildman–Crippen LogP) is 2.34. The van der Waals surface area contributed by atoms with Gasteiger partial charge in [0.1, 0.15) is 23.5 Å². The zero-order valence-electron chi connectivity index (χ0n) is 17.6. The number of nitrogens with zero attached hydrogens (tertiary/aromatic N) is 10. The highest BCUT2D eigenvalue weighted by Crippen LogP contribution is 2.32. The molecule has 6 aromatic rings. The molecule has 0 aliphatic heterocycles. The number of hydrogen-bond acceptors (Lipinski definition) is 9. The molecule has 0 atom stereocenters. The molecule has 0 saturated carbocycles. The molecule has 6 rings (SSSR count). The van der Waals surface area contributed by atoms with Crippen LogP contribution in [0.15, 0.2) is 67.4 Å². The lowest BCUT2D eigenvalue weighted by atomic mass is 10.0. The highest BCUT2D eigenvalue weighted by molar-refractivity contribution is 5.81. The van der Waals surface area contributed by atoms with Gasteiger partial charge in [-0.2, -0.15) is 10.4 Å². The Balaban J connectivity index is 1.58. The summed E-state index contributed by atoms with van der Waals surface area (Å²) < 4.78 is 3.38. The first kappa shape index (κ1) is 19.4. The van der Waals surface area contributed by atoms with Crippen LogP contribution in [0, 0.1) is 11.3 Å². The van der Waals surface area contributed by atoms with Crippen molar-refractivity contribution >= 4 is 17.0 Å². The van der Waals surface area contributed by atoms with Crippen LogP contribution in [-0.4, -0.2) is 44.1 Å². The molecule has 0 spiro atoms. The summed E-state index contributed by atoms with van der Waals surface area (Å²) in [7, 11) is 0. The van der Waals surface area contributed by atoms with E-state index in [4.69, 9.17) is 10.8 Å². The Labute approximate surface area is 192 Å². The standard InChI is InChI=1S/C23H15N11/c24-12-14-2-1-3-15(10-14)20-21(17-6-7-26-13-28-17)34-23(22(25)31-20)30-18(32-34)11-19-27-8-4-16-5-9-29-33(16)19/h1-10,13H,11H2,(H2,25,31). The molecule has 0 aliphatic carbocycles.